The molecule has 1 amide bonds. The lowest BCUT2D eigenvalue weighted by Gasteiger charge is -2.30. The standard InChI is InChI=1S/C22H22F2N4O2/c23-18-7-6-17(19(24)12-18)13-25-22(29)16-8-10-28(11-9-16)14-20-26-21(27-30-20)15-4-2-1-3-5-15/h1-7,12,16H,8-11,13-14H2,(H,25,29). The Bertz CT molecular complexity index is 1000. The monoisotopic (exact) mass is 412 g/mol. The molecule has 1 aliphatic heterocycles. The van der Waals surface area contributed by atoms with Crippen molar-refractivity contribution >= 4 is 5.91 Å². The molecule has 0 saturated carbocycles. The minimum atomic E-state index is -0.653. The molecule has 1 N–H and O–H groups in total. The number of halogens is 2. The van der Waals surface area contributed by atoms with Crippen molar-refractivity contribution in [3.8, 4) is 11.4 Å². The Kier molecular flexibility index (Phi) is 6.13. The molecule has 0 unspecified atom stereocenters. The molecule has 0 atom stereocenters. The Morgan fingerprint density at radius 1 is 1.13 bits per heavy atom. The average Bonchev–Trinajstić information content (AvgIpc) is 3.22. The van der Waals surface area contributed by atoms with Crippen molar-refractivity contribution in [3.63, 3.8) is 0 Å². The molecule has 1 aliphatic rings. The number of hydrogen-bond acceptors (Lipinski definition) is 5. The van der Waals surface area contributed by atoms with E-state index in [-0.39, 0.29) is 23.9 Å². The molecule has 0 aliphatic carbocycles. The van der Waals surface area contributed by atoms with E-state index >= 15 is 0 Å². The van der Waals surface area contributed by atoms with E-state index in [2.05, 4.69) is 20.4 Å². The number of amides is 1. The summed E-state index contributed by atoms with van der Waals surface area (Å²) in [5, 5.41) is 6.78. The predicted octanol–water partition coefficient (Wildman–Crippen LogP) is 3.54. The number of carbonyl (C=O) groups is 1. The van der Waals surface area contributed by atoms with Gasteiger partial charge in [-0.05, 0) is 32.0 Å². The summed E-state index contributed by atoms with van der Waals surface area (Å²) >= 11 is 0. The summed E-state index contributed by atoms with van der Waals surface area (Å²) in [5.74, 6) is -0.419. The Morgan fingerprint density at radius 2 is 1.90 bits per heavy atom. The van der Waals surface area contributed by atoms with E-state index in [1.165, 1.54) is 12.1 Å². The zero-order valence-corrected chi connectivity index (χ0v) is 16.4. The molecule has 4 rings (SSSR count). The second-order valence-corrected chi connectivity index (χ2v) is 7.38. The van der Waals surface area contributed by atoms with Crippen molar-refractivity contribution in [3.05, 3.63) is 71.6 Å². The number of carbonyl (C=O) groups excluding carboxylic acids is 1. The number of aromatic nitrogens is 2. The molecule has 1 fully saturated rings. The van der Waals surface area contributed by atoms with Crippen molar-refractivity contribution in [2.45, 2.75) is 25.9 Å². The van der Waals surface area contributed by atoms with Crippen LogP contribution in [0, 0.1) is 17.6 Å². The van der Waals surface area contributed by atoms with Crippen LogP contribution >= 0.6 is 0 Å². The first-order valence-corrected chi connectivity index (χ1v) is 9.90. The molecule has 0 spiro atoms. The molecule has 1 aromatic heterocycles. The van der Waals surface area contributed by atoms with E-state index in [9.17, 15) is 13.6 Å². The maximum absolute atomic E-state index is 13.7. The normalized spacial score (nSPS) is 15.3. The first-order valence-electron chi connectivity index (χ1n) is 9.90. The van der Waals surface area contributed by atoms with Gasteiger partial charge in [0, 0.05) is 29.7 Å². The molecule has 2 heterocycles. The van der Waals surface area contributed by atoms with Gasteiger partial charge in [-0.3, -0.25) is 9.69 Å². The Labute approximate surface area is 172 Å². The van der Waals surface area contributed by atoms with Gasteiger partial charge in [0.15, 0.2) is 0 Å². The van der Waals surface area contributed by atoms with Crippen LogP contribution in [-0.4, -0.2) is 34.0 Å². The molecule has 0 bridgehead atoms. The maximum Gasteiger partial charge on any atom is 0.241 e. The minimum Gasteiger partial charge on any atom is -0.352 e. The molecule has 6 nitrogen and oxygen atoms in total. The third-order valence-corrected chi connectivity index (χ3v) is 5.29. The highest BCUT2D eigenvalue weighted by Gasteiger charge is 2.26. The van der Waals surface area contributed by atoms with Gasteiger partial charge in [0.2, 0.25) is 17.6 Å². The highest BCUT2D eigenvalue weighted by molar-refractivity contribution is 5.78. The lowest BCUT2D eigenvalue weighted by molar-refractivity contribution is -0.126. The van der Waals surface area contributed by atoms with Crippen molar-refractivity contribution in [2.75, 3.05) is 13.1 Å². The van der Waals surface area contributed by atoms with Crippen LogP contribution in [-0.2, 0) is 17.9 Å². The van der Waals surface area contributed by atoms with Gasteiger partial charge in [0.1, 0.15) is 11.6 Å². The SMILES string of the molecule is O=C(NCc1ccc(F)cc1F)C1CCN(Cc2nc(-c3ccccc3)no2)CC1. The number of hydrogen-bond donors (Lipinski definition) is 1. The molecule has 1 saturated heterocycles. The molecular formula is C22H22F2N4O2. The zero-order valence-electron chi connectivity index (χ0n) is 16.4. The topological polar surface area (TPSA) is 71.3 Å². The van der Waals surface area contributed by atoms with Crippen LogP contribution in [0.5, 0.6) is 0 Å². The number of likely N-dealkylation sites (tertiary alicyclic amines) is 1. The van der Waals surface area contributed by atoms with Gasteiger partial charge < -0.3 is 9.84 Å². The Morgan fingerprint density at radius 3 is 2.63 bits per heavy atom. The number of benzene rings is 2. The van der Waals surface area contributed by atoms with Crippen LogP contribution in [0.2, 0.25) is 0 Å². The van der Waals surface area contributed by atoms with Gasteiger partial charge in [-0.1, -0.05) is 41.6 Å². The van der Waals surface area contributed by atoms with E-state index in [0.717, 1.165) is 24.7 Å². The van der Waals surface area contributed by atoms with Gasteiger partial charge in [-0.15, -0.1) is 0 Å². The third kappa shape index (κ3) is 4.88. The van der Waals surface area contributed by atoms with Gasteiger partial charge in [0.05, 0.1) is 6.54 Å². The summed E-state index contributed by atoms with van der Waals surface area (Å²) in [6.45, 7) is 2.04. The van der Waals surface area contributed by atoms with Gasteiger partial charge >= 0.3 is 0 Å². The van der Waals surface area contributed by atoms with E-state index in [1.54, 1.807) is 0 Å². The molecule has 0 radical (unpaired) electrons. The fourth-order valence-electron chi connectivity index (χ4n) is 3.56. The Hall–Kier alpha value is -3.13. The number of nitrogens with zero attached hydrogens (tertiary/aromatic N) is 3. The fraction of sp³-hybridized carbons (Fsp3) is 0.318. The minimum absolute atomic E-state index is 0.0510. The van der Waals surface area contributed by atoms with Crippen molar-refractivity contribution < 1.29 is 18.1 Å². The van der Waals surface area contributed by atoms with E-state index < -0.39 is 11.6 Å². The largest absolute Gasteiger partial charge is 0.352 e. The van der Waals surface area contributed by atoms with Gasteiger partial charge in [-0.25, -0.2) is 8.78 Å². The van der Waals surface area contributed by atoms with Crippen LogP contribution < -0.4 is 5.32 Å². The number of piperidine rings is 1. The first-order chi connectivity index (χ1) is 14.6. The van der Waals surface area contributed by atoms with Crippen molar-refractivity contribution in [1.82, 2.24) is 20.4 Å². The molecule has 3 aromatic rings. The summed E-state index contributed by atoms with van der Waals surface area (Å²) in [7, 11) is 0. The second-order valence-electron chi connectivity index (χ2n) is 7.38. The summed E-state index contributed by atoms with van der Waals surface area (Å²) < 4.78 is 32.0. The van der Waals surface area contributed by atoms with Crippen LogP contribution in [0.4, 0.5) is 8.78 Å². The molecule has 8 heteroatoms. The second kappa shape index (κ2) is 9.13. The quantitative estimate of drug-likeness (QED) is 0.671. The smallest absolute Gasteiger partial charge is 0.241 e. The van der Waals surface area contributed by atoms with E-state index in [0.29, 0.717) is 31.1 Å². The van der Waals surface area contributed by atoms with Crippen molar-refractivity contribution in [2.24, 2.45) is 5.92 Å². The molecule has 2 aromatic carbocycles. The lowest BCUT2D eigenvalue weighted by atomic mass is 9.96. The maximum atomic E-state index is 13.7. The van der Waals surface area contributed by atoms with Crippen LogP contribution in [0.15, 0.2) is 53.1 Å². The first kappa shape index (κ1) is 20.2. The van der Waals surface area contributed by atoms with Crippen molar-refractivity contribution in [1.29, 1.82) is 0 Å². The summed E-state index contributed by atoms with van der Waals surface area (Å²) in [5.41, 5.74) is 1.17. The number of nitrogens with one attached hydrogen (secondary N) is 1. The number of rotatable bonds is 6. The van der Waals surface area contributed by atoms with Crippen LogP contribution in [0.25, 0.3) is 11.4 Å². The van der Waals surface area contributed by atoms with E-state index in [4.69, 9.17) is 4.52 Å². The summed E-state index contributed by atoms with van der Waals surface area (Å²) in [6.07, 6.45) is 1.38. The summed E-state index contributed by atoms with van der Waals surface area (Å²) in [6, 6.07) is 13.0. The Balaban J connectivity index is 1.25. The fourth-order valence-corrected chi connectivity index (χ4v) is 3.56. The van der Waals surface area contributed by atoms with E-state index in [1.807, 2.05) is 30.3 Å². The third-order valence-electron chi connectivity index (χ3n) is 5.29. The molecule has 30 heavy (non-hydrogen) atoms. The zero-order chi connectivity index (χ0) is 20.9. The van der Waals surface area contributed by atoms with Gasteiger partial charge in [0.25, 0.3) is 0 Å². The predicted molar refractivity (Wildman–Crippen MR) is 106 cm³/mol. The summed E-state index contributed by atoms with van der Waals surface area (Å²) in [4.78, 5) is 19.0. The molecular weight excluding hydrogens is 390 g/mol. The highest BCUT2D eigenvalue weighted by Crippen LogP contribution is 2.21. The lowest BCUT2D eigenvalue weighted by Crippen LogP contribution is -2.40. The van der Waals surface area contributed by atoms with Crippen LogP contribution in [0.3, 0.4) is 0 Å². The molecule has 156 valence electrons. The average molecular weight is 412 g/mol. The van der Waals surface area contributed by atoms with Gasteiger partial charge in [-0.2, -0.15) is 4.98 Å². The van der Waals surface area contributed by atoms with Crippen LogP contribution in [0.1, 0.15) is 24.3 Å². The highest BCUT2D eigenvalue weighted by atomic mass is 19.1.